The summed E-state index contributed by atoms with van der Waals surface area (Å²) in [5, 5.41) is 0.687. The highest BCUT2D eigenvalue weighted by Crippen LogP contribution is 2.41. The van der Waals surface area contributed by atoms with Crippen LogP contribution in [0.15, 0.2) is 53.6 Å². The van der Waals surface area contributed by atoms with E-state index in [2.05, 4.69) is 4.98 Å². The number of thioether (sulfide) groups is 1. The monoisotopic (exact) mass is 415 g/mol. The lowest BCUT2D eigenvalue weighted by atomic mass is 9.85. The van der Waals surface area contributed by atoms with Gasteiger partial charge in [0.2, 0.25) is 11.8 Å². The summed E-state index contributed by atoms with van der Waals surface area (Å²) in [6, 6.07) is 13.2. The molecule has 5 nitrogen and oxygen atoms in total. The number of benzene rings is 1. The molecule has 3 heterocycles. The van der Waals surface area contributed by atoms with Crippen molar-refractivity contribution in [3.05, 3.63) is 59.4 Å². The summed E-state index contributed by atoms with van der Waals surface area (Å²) >= 11 is 7.40. The van der Waals surface area contributed by atoms with Gasteiger partial charge in [-0.05, 0) is 49.2 Å². The molecule has 0 N–H and O–H groups in total. The van der Waals surface area contributed by atoms with Gasteiger partial charge in [-0.1, -0.05) is 17.7 Å². The summed E-state index contributed by atoms with van der Waals surface area (Å²) in [6.07, 6.45) is 3.31. The van der Waals surface area contributed by atoms with Crippen molar-refractivity contribution in [1.29, 1.82) is 0 Å². The lowest BCUT2D eigenvalue weighted by Crippen LogP contribution is -2.38. The predicted molar refractivity (Wildman–Crippen MR) is 110 cm³/mol. The molecule has 0 bridgehead atoms. The van der Waals surface area contributed by atoms with Crippen LogP contribution in [-0.4, -0.2) is 52.0 Å². The van der Waals surface area contributed by atoms with Crippen molar-refractivity contribution in [2.24, 2.45) is 5.41 Å². The van der Waals surface area contributed by atoms with Crippen LogP contribution in [0.4, 0.5) is 0 Å². The Labute approximate surface area is 174 Å². The Morgan fingerprint density at radius 1 is 1.14 bits per heavy atom. The lowest BCUT2D eigenvalue weighted by molar-refractivity contribution is -0.136. The molecule has 2 aromatic rings. The van der Waals surface area contributed by atoms with Gasteiger partial charge in [-0.2, -0.15) is 0 Å². The van der Waals surface area contributed by atoms with Gasteiger partial charge in [-0.15, -0.1) is 11.8 Å². The molecule has 146 valence electrons. The zero-order valence-corrected chi connectivity index (χ0v) is 17.1. The molecule has 0 saturated carbocycles. The molecule has 2 aliphatic rings. The average Bonchev–Trinajstić information content (AvgIpc) is 3.28. The minimum absolute atomic E-state index is 0.0906. The maximum atomic E-state index is 13.1. The van der Waals surface area contributed by atoms with Crippen molar-refractivity contribution in [3.63, 3.8) is 0 Å². The fourth-order valence-electron chi connectivity index (χ4n) is 3.96. The SMILES string of the molecule is O=C(CSc1ccc(Cl)cc1)N1CCC2(CCN(Cc3ccccn3)C2=O)C1. The number of nitrogens with zero attached hydrogens (tertiary/aromatic N) is 3. The smallest absolute Gasteiger partial charge is 0.232 e. The Morgan fingerprint density at radius 3 is 2.68 bits per heavy atom. The number of aromatic nitrogens is 1. The quantitative estimate of drug-likeness (QED) is 0.701. The average molecular weight is 416 g/mol. The molecule has 1 aromatic heterocycles. The van der Waals surface area contributed by atoms with Crippen molar-refractivity contribution in [1.82, 2.24) is 14.8 Å². The van der Waals surface area contributed by atoms with E-state index in [1.165, 1.54) is 11.8 Å². The van der Waals surface area contributed by atoms with E-state index in [1.807, 2.05) is 52.3 Å². The number of pyridine rings is 1. The molecule has 28 heavy (non-hydrogen) atoms. The molecule has 2 amide bonds. The van der Waals surface area contributed by atoms with Crippen molar-refractivity contribution in [3.8, 4) is 0 Å². The number of amides is 2. The van der Waals surface area contributed by atoms with E-state index in [-0.39, 0.29) is 11.8 Å². The second-order valence-corrected chi connectivity index (χ2v) is 8.87. The molecule has 0 radical (unpaired) electrons. The number of hydrogen-bond donors (Lipinski definition) is 0. The van der Waals surface area contributed by atoms with Crippen LogP contribution < -0.4 is 0 Å². The highest BCUT2D eigenvalue weighted by molar-refractivity contribution is 8.00. The lowest BCUT2D eigenvalue weighted by Gasteiger charge is -2.23. The third kappa shape index (κ3) is 4.03. The van der Waals surface area contributed by atoms with Crippen LogP contribution in [0, 0.1) is 5.41 Å². The number of likely N-dealkylation sites (tertiary alicyclic amines) is 2. The van der Waals surface area contributed by atoms with Gasteiger partial charge >= 0.3 is 0 Å². The Kier molecular flexibility index (Phi) is 5.60. The first-order chi connectivity index (χ1) is 13.6. The first-order valence-electron chi connectivity index (χ1n) is 9.41. The van der Waals surface area contributed by atoms with Gasteiger partial charge in [0.05, 0.1) is 23.4 Å². The molecule has 1 atom stereocenters. The van der Waals surface area contributed by atoms with Gasteiger partial charge < -0.3 is 9.80 Å². The molecular formula is C21H22ClN3O2S. The molecule has 2 fully saturated rings. The second-order valence-electron chi connectivity index (χ2n) is 7.39. The predicted octanol–water partition coefficient (Wildman–Crippen LogP) is 3.48. The van der Waals surface area contributed by atoms with Crippen molar-refractivity contribution in [2.75, 3.05) is 25.4 Å². The van der Waals surface area contributed by atoms with E-state index in [0.717, 1.165) is 30.0 Å². The van der Waals surface area contributed by atoms with Crippen LogP contribution in [0.5, 0.6) is 0 Å². The number of halogens is 1. The van der Waals surface area contributed by atoms with Gasteiger partial charge in [0, 0.05) is 35.7 Å². The summed E-state index contributed by atoms with van der Waals surface area (Å²) in [5.41, 5.74) is 0.494. The van der Waals surface area contributed by atoms with Gasteiger partial charge in [-0.3, -0.25) is 14.6 Å². The fraction of sp³-hybridized carbons (Fsp3) is 0.381. The minimum atomic E-state index is -0.407. The second kappa shape index (κ2) is 8.13. The molecule has 4 rings (SSSR count). The highest BCUT2D eigenvalue weighted by Gasteiger charge is 2.51. The summed E-state index contributed by atoms with van der Waals surface area (Å²) in [5.74, 6) is 0.635. The van der Waals surface area contributed by atoms with E-state index < -0.39 is 5.41 Å². The summed E-state index contributed by atoms with van der Waals surface area (Å²) < 4.78 is 0. The molecule has 7 heteroatoms. The van der Waals surface area contributed by atoms with E-state index >= 15 is 0 Å². The zero-order valence-electron chi connectivity index (χ0n) is 15.5. The maximum Gasteiger partial charge on any atom is 0.232 e. The van der Waals surface area contributed by atoms with Gasteiger partial charge in [0.25, 0.3) is 0 Å². The summed E-state index contributed by atoms with van der Waals surface area (Å²) in [4.78, 5) is 34.8. The number of hydrogen-bond acceptors (Lipinski definition) is 4. The standard InChI is InChI=1S/C21H22ClN3O2S/c22-16-4-6-18(7-5-16)28-14-19(26)25-12-9-21(15-25)8-11-24(20(21)27)13-17-3-1-2-10-23-17/h1-7,10H,8-9,11-15H2. The molecule has 0 aliphatic carbocycles. The van der Waals surface area contributed by atoms with Crippen LogP contribution in [0.3, 0.4) is 0 Å². The summed E-state index contributed by atoms with van der Waals surface area (Å²) in [6.45, 7) is 2.46. The van der Waals surface area contributed by atoms with Crippen molar-refractivity contribution in [2.45, 2.75) is 24.3 Å². The molecular weight excluding hydrogens is 394 g/mol. The highest BCUT2D eigenvalue weighted by atomic mass is 35.5. The van der Waals surface area contributed by atoms with Gasteiger partial charge in [0.1, 0.15) is 0 Å². The Balaban J connectivity index is 1.33. The normalized spacial score (nSPS) is 21.7. The van der Waals surface area contributed by atoms with Gasteiger partial charge in [-0.25, -0.2) is 0 Å². The molecule has 1 spiro atoms. The number of carbonyl (C=O) groups is 2. The van der Waals surface area contributed by atoms with Crippen molar-refractivity contribution < 1.29 is 9.59 Å². The van der Waals surface area contributed by atoms with Crippen molar-refractivity contribution >= 4 is 35.2 Å². The first-order valence-corrected chi connectivity index (χ1v) is 10.8. The minimum Gasteiger partial charge on any atom is -0.341 e. The first kappa shape index (κ1) is 19.3. The van der Waals surface area contributed by atoms with E-state index in [9.17, 15) is 9.59 Å². The molecule has 1 aromatic carbocycles. The Hall–Kier alpha value is -2.05. The summed E-state index contributed by atoms with van der Waals surface area (Å²) in [7, 11) is 0. The fourth-order valence-corrected chi connectivity index (χ4v) is 4.89. The third-order valence-corrected chi connectivity index (χ3v) is 6.81. The molecule has 2 saturated heterocycles. The van der Waals surface area contributed by atoms with Gasteiger partial charge in [0.15, 0.2) is 0 Å². The topological polar surface area (TPSA) is 53.5 Å². The Morgan fingerprint density at radius 2 is 1.93 bits per heavy atom. The molecule has 2 aliphatic heterocycles. The maximum absolute atomic E-state index is 13.1. The molecule has 1 unspecified atom stereocenters. The van der Waals surface area contributed by atoms with E-state index in [1.54, 1.807) is 6.20 Å². The van der Waals surface area contributed by atoms with Crippen LogP contribution >= 0.6 is 23.4 Å². The van der Waals surface area contributed by atoms with Crippen LogP contribution in [0.25, 0.3) is 0 Å². The third-order valence-electron chi connectivity index (χ3n) is 5.56. The van der Waals surface area contributed by atoms with Crippen LogP contribution in [-0.2, 0) is 16.1 Å². The number of rotatable bonds is 5. The van der Waals surface area contributed by atoms with E-state index in [4.69, 9.17) is 11.6 Å². The Bertz CT molecular complexity index is 862. The van der Waals surface area contributed by atoms with Crippen LogP contribution in [0.1, 0.15) is 18.5 Å². The zero-order chi connectivity index (χ0) is 19.6. The largest absolute Gasteiger partial charge is 0.341 e. The number of carbonyl (C=O) groups excluding carboxylic acids is 2. The van der Waals surface area contributed by atoms with E-state index in [0.29, 0.717) is 30.4 Å². The van der Waals surface area contributed by atoms with Crippen LogP contribution in [0.2, 0.25) is 5.02 Å².